The molecule has 8 nitrogen and oxygen atoms in total. The topological polar surface area (TPSA) is 121 Å². The number of hydrogen-bond acceptors (Lipinski definition) is 7. The second-order valence-electron chi connectivity index (χ2n) is 7.31. The second kappa shape index (κ2) is 8.99. The fourth-order valence-electron chi connectivity index (χ4n) is 3.37. The van der Waals surface area contributed by atoms with Crippen molar-refractivity contribution in [2.45, 2.75) is 12.0 Å². The molecule has 0 saturated carbocycles. The minimum atomic E-state index is -0.573. The molecule has 160 valence electrons. The van der Waals surface area contributed by atoms with Gasteiger partial charge in [-0.2, -0.15) is 5.26 Å². The average Bonchev–Trinajstić information content (AvgIpc) is 3.48. The van der Waals surface area contributed by atoms with Crippen molar-refractivity contribution in [1.82, 2.24) is 14.9 Å². The van der Waals surface area contributed by atoms with Crippen molar-refractivity contribution < 1.29 is 9.21 Å². The minimum Gasteiger partial charge on any atom is -0.464 e. The average molecular weight is 445 g/mol. The summed E-state index contributed by atoms with van der Waals surface area (Å²) >= 11 is 1.43. The first-order chi connectivity index (χ1) is 15.5. The number of carbonyl (C=O) groups is 1. The molecule has 3 heterocycles. The van der Waals surface area contributed by atoms with Crippen molar-refractivity contribution in [3.05, 3.63) is 70.5 Å². The van der Waals surface area contributed by atoms with Crippen LogP contribution in [0, 0.1) is 11.3 Å². The third kappa shape index (κ3) is 4.08. The number of rotatable bonds is 6. The first-order valence-electron chi connectivity index (χ1n) is 9.74. The zero-order valence-electron chi connectivity index (χ0n) is 17.5. The number of thiophene rings is 1. The van der Waals surface area contributed by atoms with Crippen molar-refractivity contribution in [3.63, 3.8) is 0 Å². The van der Waals surface area contributed by atoms with Gasteiger partial charge in [0.05, 0.1) is 12.2 Å². The van der Waals surface area contributed by atoms with Gasteiger partial charge in [-0.15, -0.1) is 11.3 Å². The normalized spacial score (nSPS) is 13.5. The summed E-state index contributed by atoms with van der Waals surface area (Å²) < 4.78 is 5.42. The molecule has 0 spiro atoms. The quantitative estimate of drug-likeness (QED) is 0.273. The maximum Gasteiger partial charge on any atom is 0.191 e. The fourth-order valence-corrected chi connectivity index (χ4v) is 4.35. The zero-order chi connectivity index (χ0) is 22.7. The minimum absolute atomic E-state index is 0.238. The Bertz CT molecular complexity index is 1330. The Kier molecular flexibility index (Phi) is 5.96. The van der Waals surface area contributed by atoms with E-state index in [1.807, 2.05) is 35.7 Å². The van der Waals surface area contributed by atoms with E-state index < -0.39 is 12.0 Å². The molecule has 32 heavy (non-hydrogen) atoms. The lowest BCUT2D eigenvalue weighted by molar-refractivity contribution is -0.109. The molecule has 0 radical (unpaired) electrons. The highest BCUT2D eigenvalue weighted by Crippen LogP contribution is 2.39. The monoisotopic (exact) mass is 444 g/mol. The second-order valence-corrected chi connectivity index (χ2v) is 8.25. The highest BCUT2D eigenvalue weighted by molar-refractivity contribution is 7.10. The maximum atomic E-state index is 12.3. The van der Waals surface area contributed by atoms with E-state index in [9.17, 15) is 10.1 Å². The number of nitrogens with zero attached hydrogens (tertiary/aromatic N) is 5. The molecular formula is C23H20N6O2S. The van der Waals surface area contributed by atoms with Crippen LogP contribution in [0.3, 0.4) is 0 Å². The zero-order valence-corrected chi connectivity index (χ0v) is 18.3. The van der Waals surface area contributed by atoms with Crippen LogP contribution in [0.1, 0.15) is 28.1 Å². The molecule has 0 saturated heterocycles. The van der Waals surface area contributed by atoms with Gasteiger partial charge in [-0.1, -0.05) is 6.07 Å². The van der Waals surface area contributed by atoms with Gasteiger partial charge >= 0.3 is 0 Å². The van der Waals surface area contributed by atoms with Crippen molar-refractivity contribution >= 4 is 34.6 Å². The van der Waals surface area contributed by atoms with Crippen LogP contribution in [0.4, 0.5) is 0 Å². The van der Waals surface area contributed by atoms with Gasteiger partial charge in [0.1, 0.15) is 29.7 Å². The first-order valence-corrected chi connectivity index (χ1v) is 10.6. The highest BCUT2D eigenvalue weighted by Gasteiger charge is 2.27. The number of benzene rings is 1. The number of carbonyl (C=O) groups excluding carboxylic acids is 1. The van der Waals surface area contributed by atoms with Crippen molar-refractivity contribution in [2.24, 2.45) is 10.7 Å². The van der Waals surface area contributed by atoms with Crippen molar-refractivity contribution in [3.8, 4) is 17.3 Å². The van der Waals surface area contributed by atoms with E-state index >= 15 is 0 Å². The van der Waals surface area contributed by atoms with Crippen LogP contribution in [0.25, 0.3) is 22.2 Å². The molecule has 0 aliphatic carbocycles. The molecule has 2 N–H and O–H groups in total. The molecule has 0 amide bonds. The standard InChI is InChI=1S/C23H20N6O2S/c1-29(2)23(25)28-22(17(12-30)14-3-4-19-15(9-14)5-8-31-19)20-10-16(13-32-20)21-18(11-24)26-6-7-27-21/h3-10,12-13,17,22H,1-2H3,(H2,25,28). The molecule has 4 rings (SSSR count). The number of nitriles is 1. The van der Waals surface area contributed by atoms with Crippen molar-refractivity contribution in [2.75, 3.05) is 14.1 Å². The third-order valence-electron chi connectivity index (χ3n) is 5.07. The SMILES string of the molecule is CN(C)C(N)=NC(c1cc(-c2nccnc2C#N)cs1)C(C=O)c1ccc2occc2c1. The van der Waals surface area contributed by atoms with Gasteiger partial charge in [-0.05, 0) is 29.8 Å². The predicted octanol–water partition coefficient (Wildman–Crippen LogP) is 3.72. The molecule has 9 heteroatoms. The summed E-state index contributed by atoms with van der Waals surface area (Å²) in [4.78, 5) is 27.9. The number of guanidine groups is 1. The number of furan rings is 1. The summed E-state index contributed by atoms with van der Waals surface area (Å²) in [6, 6.07) is 10.9. The Hall–Kier alpha value is -4.03. The van der Waals surface area contributed by atoms with Gasteiger partial charge in [0, 0.05) is 47.7 Å². The molecule has 0 bridgehead atoms. The lowest BCUT2D eigenvalue weighted by Gasteiger charge is -2.21. The van der Waals surface area contributed by atoms with E-state index in [-0.39, 0.29) is 5.69 Å². The van der Waals surface area contributed by atoms with Gasteiger partial charge in [-0.25, -0.2) is 9.98 Å². The molecule has 0 aliphatic rings. The van der Waals surface area contributed by atoms with E-state index in [0.29, 0.717) is 11.7 Å². The van der Waals surface area contributed by atoms with E-state index in [0.717, 1.165) is 33.3 Å². The molecule has 0 aliphatic heterocycles. The molecule has 1 aromatic carbocycles. The van der Waals surface area contributed by atoms with E-state index in [1.165, 1.54) is 17.5 Å². The maximum absolute atomic E-state index is 12.3. The van der Waals surface area contributed by atoms with Crippen LogP contribution < -0.4 is 5.73 Å². The lowest BCUT2D eigenvalue weighted by Crippen LogP contribution is -2.31. The van der Waals surface area contributed by atoms with Crippen LogP contribution in [-0.2, 0) is 4.79 Å². The Morgan fingerprint density at radius 2 is 2.09 bits per heavy atom. The van der Waals surface area contributed by atoms with Crippen LogP contribution in [0.15, 0.2) is 63.8 Å². The van der Waals surface area contributed by atoms with Gasteiger partial charge in [0.15, 0.2) is 11.7 Å². The summed E-state index contributed by atoms with van der Waals surface area (Å²) in [5.74, 6) is -0.269. The Morgan fingerprint density at radius 1 is 1.28 bits per heavy atom. The van der Waals surface area contributed by atoms with Gasteiger partial charge in [-0.3, -0.25) is 4.98 Å². The molecular weight excluding hydrogens is 424 g/mol. The summed E-state index contributed by atoms with van der Waals surface area (Å²) in [7, 11) is 3.59. The smallest absolute Gasteiger partial charge is 0.191 e. The van der Waals surface area contributed by atoms with E-state index in [4.69, 9.17) is 10.2 Å². The Balaban J connectivity index is 1.80. The lowest BCUT2D eigenvalue weighted by atomic mass is 9.91. The van der Waals surface area contributed by atoms with Crippen molar-refractivity contribution in [1.29, 1.82) is 5.26 Å². The van der Waals surface area contributed by atoms with Crippen LogP contribution in [0.2, 0.25) is 0 Å². The molecule has 2 unspecified atom stereocenters. The molecule has 4 aromatic rings. The predicted molar refractivity (Wildman–Crippen MR) is 123 cm³/mol. The Labute approximate surface area is 188 Å². The molecule has 3 aromatic heterocycles. The third-order valence-corrected chi connectivity index (χ3v) is 6.07. The van der Waals surface area contributed by atoms with Crippen LogP contribution >= 0.6 is 11.3 Å². The molecule has 2 atom stereocenters. The number of aliphatic imine (C=N–C) groups is 1. The number of aromatic nitrogens is 2. The number of fused-ring (bicyclic) bond motifs is 1. The number of nitrogens with two attached hydrogens (primary N) is 1. The molecule has 0 fully saturated rings. The Morgan fingerprint density at radius 3 is 2.84 bits per heavy atom. The number of aldehydes is 1. The fraction of sp³-hybridized carbons (Fsp3) is 0.174. The van der Waals surface area contributed by atoms with Gasteiger partial charge in [0.2, 0.25) is 0 Å². The first kappa shape index (κ1) is 21.2. The number of hydrogen-bond donors (Lipinski definition) is 1. The largest absolute Gasteiger partial charge is 0.464 e. The highest BCUT2D eigenvalue weighted by atomic mass is 32.1. The summed E-state index contributed by atoms with van der Waals surface area (Å²) in [6.07, 6.45) is 5.53. The van der Waals surface area contributed by atoms with E-state index in [1.54, 1.807) is 31.5 Å². The van der Waals surface area contributed by atoms with Gasteiger partial charge < -0.3 is 19.8 Å². The van der Waals surface area contributed by atoms with Crippen LogP contribution in [-0.4, -0.2) is 41.2 Å². The summed E-state index contributed by atoms with van der Waals surface area (Å²) in [5, 5.41) is 12.2. The van der Waals surface area contributed by atoms with Gasteiger partial charge in [0.25, 0.3) is 0 Å². The summed E-state index contributed by atoms with van der Waals surface area (Å²) in [5.41, 5.74) is 9.17. The summed E-state index contributed by atoms with van der Waals surface area (Å²) in [6.45, 7) is 0. The van der Waals surface area contributed by atoms with Crippen LogP contribution in [0.5, 0.6) is 0 Å². The van der Waals surface area contributed by atoms with E-state index in [2.05, 4.69) is 21.0 Å².